The maximum atomic E-state index is 13.0. The van der Waals surface area contributed by atoms with Crippen LogP contribution in [0.15, 0.2) is 81.5 Å². The van der Waals surface area contributed by atoms with Crippen LogP contribution in [-0.4, -0.2) is 129 Å². The molecule has 2 aliphatic heterocycles. The quantitative estimate of drug-likeness (QED) is 0.0917. The molecule has 2 aromatic carbocycles. The molecule has 0 amide bonds. The van der Waals surface area contributed by atoms with Gasteiger partial charge in [-0.3, -0.25) is 0 Å². The number of allylic oxidation sites excluding steroid dienone is 2. The number of aliphatic hydroxyl groups excluding tert-OH is 4. The molecule has 2 aliphatic rings. The molecule has 348 valence electrons. The topological polar surface area (TPSA) is 260 Å². The van der Waals surface area contributed by atoms with Gasteiger partial charge >= 0.3 is 23.9 Å². The first-order valence-electron chi connectivity index (χ1n) is 19.1. The van der Waals surface area contributed by atoms with Crippen molar-refractivity contribution in [2.24, 2.45) is 0 Å². The number of methoxy groups -OCH3 is 2. The summed E-state index contributed by atoms with van der Waals surface area (Å²) in [4.78, 5) is 51.3. The Morgan fingerprint density at radius 3 is 1.27 bits per heavy atom. The smallest absolute Gasteiger partial charge is 0.336 e. The Kier molecular flexibility index (Phi) is 23.1. The summed E-state index contributed by atoms with van der Waals surface area (Å²) in [5.41, 5.74) is 2.93. The average molecular weight is 967 g/mol. The van der Waals surface area contributed by atoms with E-state index in [1.807, 2.05) is 0 Å². The zero-order chi connectivity index (χ0) is 46.3. The van der Waals surface area contributed by atoms with Gasteiger partial charge in [0.15, 0.2) is 0 Å². The Morgan fingerprint density at radius 2 is 0.968 bits per heavy atom. The van der Waals surface area contributed by atoms with Gasteiger partial charge in [0.25, 0.3) is 0 Å². The summed E-state index contributed by atoms with van der Waals surface area (Å²) in [5.74, 6) is -4.51. The van der Waals surface area contributed by atoms with E-state index in [9.17, 15) is 29.4 Å². The predicted molar refractivity (Wildman–Crippen MR) is 233 cm³/mol. The highest BCUT2D eigenvalue weighted by Crippen LogP contribution is 2.45. The minimum atomic E-state index is -1.07. The zero-order valence-corrected chi connectivity index (χ0v) is 38.3. The number of carbonyl (C=O) groups is 4. The first kappa shape index (κ1) is 54.9. The van der Waals surface area contributed by atoms with Crippen LogP contribution in [0.5, 0.6) is 0 Å². The minimum Gasteiger partial charge on any atom is -0.466 e. The summed E-state index contributed by atoms with van der Waals surface area (Å²) in [6.45, 7) is 5.34. The Morgan fingerprint density at radius 1 is 0.619 bits per heavy atom. The lowest BCUT2D eigenvalue weighted by Crippen LogP contribution is -2.35. The van der Waals surface area contributed by atoms with Crippen molar-refractivity contribution in [3.63, 3.8) is 0 Å². The van der Waals surface area contributed by atoms with Crippen molar-refractivity contribution in [3.05, 3.63) is 113 Å². The van der Waals surface area contributed by atoms with E-state index >= 15 is 0 Å². The molecule has 0 fully saturated rings. The van der Waals surface area contributed by atoms with Gasteiger partial charge in [-0.1, -0.05) is 70.7 Å². The molecular formula is C42H52Cl4N2O15. The zero-order valence-electron chi connectivity index (χ0n) is 35.3. The van der Waals surface area contributed by atoms with Crippen LogP contribution in [0.1, 0.15) is 50.7 Å². The number of esters is 4. The maximum Gasteiger partial charge on any atom is 0.336 e. The number of nitrogens with one attached hydrogen (secondary N) is 2. The van der Waals surface area contributed by atoms with Crippen LogP contribution < -0.4 is 10.6 Å². The van der Waals surface area contributed by atoms with Crippen molar-refractivity contribution in [2.45, 2.75) is 51.7 Å². The van der Waals surface area contributed by atoms with Gasteiger partial charge in [-0.15, -0.1) is 0 Å². The molecule has 0 spiro atoms. The molecule has 0 aliphatic carbocycles. The summed E-state index contributed by atoms with van der Waals surface area (Å²) in [7, 11) is 2.48. The van der Waals surface area contributed by atoms with E-state index in [0.717, 1.165) is 0 Å². The second-order valence-electron chi connectivity index (χ2n) is 13.4. The Bertz CT molecular complexity index is 1940. The first-order valence-corrected chi connectivity index (χ1v) is 20.6. The third-order valence-corrected chi connectivity index (χ3v) is 10.9. The summed E-state index contributed by atoms with van der Waals surface area (Å²) in [5, 5.41) is 43.9. The molecule has 17 nitrogen and oxygen atoms in total. The highest BCUT2D eigenvalue weighted by molar-refractivity contribution is 6.43. The van der Waals surface area contributed by atoms with Gasteiger partial charge in [0.1, 0.15) is 12.2 Å². The van der Waals surface area contributed by atoms with E-state index in [4.69, 9.17) is 85.0 Å². The van der Waals surface area contributed by atoms with Crippen LogP contribution in [-0.2, 0) is 47.6 Å². The van der Waals surface area contributed by atoms with E-state index in [1.54, 1.807) is 64.1 Å². The summed E-state index contributed by atoms with van der Waals surface area (Å²) in [6.07, 6.45) is -2.15. The Hall–Kier alpha value is -4.24. The van der Waals surface area contributed by atoms with Crippen LogP contribution in [0.3, 0.4) is 0 Å². The van der Waals surface area contributed by atoms with E-state index in [-0.39, 0.29) is 87.5 Å². The van der Waals surface area contributed by atoms with E-state index in [1.165, 1.54) is 14.2 Å². The standard InChI is InChI=1S/2C21H25Cl2NO7.H2O/c2*1-4-31-21(28)18-15(10-30-9-12(26)8-25)24-11(2)16(20(27)29-3)17(18)13-6-5-7-14(22)19(13)23;/h2*5-7,12,17,24-26H,4,8-10H2,1-3H3;1H2. The summed E-state index contributed by atoms with van der Waals surface area (Å²) < 4.78 is 31.3. The molecule has 4 atom stereocenters. The van der Waals surface area contributed by atoms with Crippen LogP contribution in [0.2, 0.25) is 20.1 Å². The van der Waals surface area contributed by atoms with Crippen LogP contribution in [0.4, 0.5) is 0 Å². The first-order chi connectivity index (χ1) is 29.5. The number of halogens is 4. The largest absolute Gasteiger partial charge is 0.466 e. The van der Waals surface area contributed by atoms with E-state index in [0.29, 0.717) is 33.9 Å². The third kappa shape index (κ3) is 13.9. The summed E-state index contributed by atoms with van der Waals surface area (Å²) in [6, 6.07) is 9.83. The molecule has 4 unspecified atom stereocenters. The predicted octanol–water partition coefficient (Wildman–Crippen LogP) is 3.80. The molecular weight excluding hydrogens is 914 g/mol. The number of rotatable bonds is 18. The number of carbonyl (C=O) groups excluding carboxylic acids is 4. The fourth-order valence-electron chi connectivity index (χ4n) is 6.49. The maximum absolute atomic E-state index is 13.0. The molecule has 0 bridgehead atoms. The van der Waals surface area contributed by atoms with Gasteiger partial charge in [0, 0.05) is 11.4 Å². The van der Waals surface area contributed by atoms with Gasteiger partial charge in [-0.2, -0.15) is 0 Å². The SMILES string of the molecule is CCOC(=O)C1=C(COCC(O)CO)NC(C)=C(C(=O)OC)C1c1cccc(Cl)c1Cl.CCOC(=O)C1=C(COCC(O)CO)NC(C)=C(C(=O)OC)C1c1cccc(Cl)c1Cl.O. The lowest BCUT2D eigenvalue weighted by Gasteiger charge is -2.32. The molecule has 2 aromatic rings. The molecule has 21 heteroatoms. The number of benzene rings is 2. The Balaban J connectivity index is 0.000000427. The third-order valence-electron chi connectivity index (χ3n) is 9.21. The molecule has 4 rings (SSSR count). The number of ether oxygens (including phenoxy) is 6. The Labute approximate surface area is 384 Å². The highest BCUT2D eigenvalue weighted by Gasteiger charge is 2.41. The molecule has 63 heavy (non-hydrogen) atoms. The molecule has 0 saturated carbocycles. The number of aliphatic hydroxyl groups is 4. The fraction of sp³-hybridized carbons (Fsp3) is 0.429. The van der Waals surface area contributed by atoms with Gasteiger partial charge in [0.05, 0.1) is 133 Å². The molecule has 0 radical (unpaired) electrons. The van der Waals surface area contributed by atoms with Crippen molar-refractivity contribution in [1.82, 2.24) is 10.6 Å². The molecule has 2 heterocycles. The second-order valence-corrected chi connectivity index (χ2v) is 15.0. The van der Waals surface area contributed by atoms with Crippen LogP contribution in [0, 0.1) is 0 Å². The van der Waals surface area contributed by atoms with Crippen molar-refractivity contribution in [2.75, 3.05) is 67.1 Å². The fourth-order valence-corrected chi connectivity index (χ4v) is 7.32. The van der Waals surface area contributed by atoms with Crippen molar-refractivity contribution in [1.29, 1.82) is 0 Å². The number of hydrogen-bond acceptors (Lipinski definition) is 16. The van der Waals surface area contributed by atoms with Crippen molar-refractivity contribution in [3.8, 4) is 0 Å². The summed E-state index contributed by atoms with van der Waals surface area (Å²) >= 11 is 25.3. The lowest BCUT2D eigenvalue weighted by molar-refractivity contribution is -0.140. The highest BCUT2D eigenvalue weighted by atomic mass is 35.5. The van der Waals surface area contributed by atoms with Crippen LogP contribution >= 0.6 is 46.4 Å². The molecule has 0 aromatic heterocycles. The van der Waals surface area contributed by atoms with Crippen molar-refractivity contribution >= 4 is 70.3 Å². The monoisotopic (exact) mass is 964 g/mol. The van der Waals surface area contributed by atoms with Gasteiger partial charge in [-0.05, 0) is 51.0 Å². The second kappa shape index (κ2) is 26.5. The minimum absolute atomic E-state index is 0. The number of dihydropyridines is 2. The van der Waals surface area contributed by atoms with Gasteiger partial charge in [0.2, 0.25) is 0 Å². The van der Waals surface area contributed by atoms with Crippen molar-refractivity contribution < 1.29 is 73.5 Å². The number of hydrogen-bond donors (Lipinski definition) is 6. The normalized spacial score (nSPS) is 17.0. The van der Waals surface area contributed by atoms with Gasteiger partial charge < -0.3 is 65.0 Å². The van der Waals surface area contributed by atoms with Crippen LogP contribution in [0.25, 0.3) is 0 Å². The van der Waals surface area contributed by atoms with Gasteiger partial charge in [-0.25, -0.2) is 19.2 Å². The molecule has 0 saturated heterocycles. The van der Waals surface area contributed by atoms with E-state index in [2.05, 4.69) is 10.6 Å². The van der Waals surface area contributed by atoms with E-state index < -0.39 is 61.1 Å². The average Bonchev–Trinajstić information content (AvgIpc) is 3.24. The molecule has 8 N–H and O–H groups in total. The lowest BCUT2D eigenvalue weighted by atomic mass is 9.80.